The van der Waals surface area contributed by atoms with Gasteiger partial charge in [-0.3, -0.25) is 0 Å². The van der Waals surface area contributed by atoms with Crippen LogP contribution in [0.25, 0.3) is 20.2 Å². The fourth-order valence-corrected chi connectivity index (χ4v) is 5.22. The Kier molecular flexibility index (Phi) is 3.49. The highest BCUT2D eigenvalue weighted by Gasteiger charge is 2.10. The summed E-state index contributed by atoms with van der Waals surface area (Å²) >= 11 is 7.33. The summed E-state index contributed by atoms with van der Waals surface area (Å²) in [7, 11) is 0. The molecule has 0 amide bonds. The van der Waals surface area contributed by atoms with E-state index in [0.29, 0.717) is 0 Å². The molecule has 21 heavy (non-hydrogen) atoms. The summed E-state index contributed by atoms with van der Waals surface area (Å²) in [4.78, 5) is 2.57. The third-order valence-electron chi connectivity index (χ3n) is 3.42. The molecule has 0 aliphatic rings. The van der Waals surface area contributed by atoms with Gasteiger partial charge in [0.25, 0.3) is 0 Å². The summed E-state index contributed by atoms with van der Waals surface area (Å²) in [5.41, 5.74) is 0. The topological polar surface area (TPSA) is 0 Å². The molecular weight excluding hydrogens is 360 g/mol. The maximum absolute atomic E-state index is 3.64. The summed E-state index contributed by atoms with van der Waals surface area (Å²) < 4.78 is 3.85. The zero-order valence-corrected chi connectivity index (χ0v) is 14.3. The van der Waals surface area contributed by atoms with Crippen LogP contribution in [0.15, 0.2) is 81.0 Å². The monoisotopic (exact) mass is 370 g/mol. The fourth-order valence-electron chi connectivity index (χ4n) is 2.47. The second-order valence-corrected chi connectivity index (χ2v) is 7.78. The molecule has 4 aromatic rings. The van der Waals surface area contributed by atoms with Crippen LogP contribution in [0.1, 0.15) is 0 Å². The number of thiophene rings is 1. The van der Waals surface area contributed by atoms with Gasteiger partial charge in [-0.2, -0.15) is 0 Å². The molecule has 0 N–H and O–H groups in total. The molecule has 102 valence electrons. The molecule has 0 nitrogen and oxygen atoms in total. The van der Waals surface area contributed by atoms with E-state index in [1.54, 1.807) is 0 Å². The van der Waals surface area contributed by atoms with Gasteiger partial charge < -0.3 is 0 Å². The summed E-state index contributed by atoms with van der Waals surface area (Å²) in [6, 6.07) is 23.6. The number of fused-ring (bicyclic) bond motifs is 3. The molecule has 0 atom stereocenters. The van der Waals surface area contributed by atoms with Crippen LogP contribution in [-0.4, -0.2) is 0 Å². The lowest BCUT2D eigenvalue weighted by atomic mass is 10.1. The van der Waals surface area contributed by atoms with E-state index in [0.717, 1.165) is 4.47 Å². The minimum atomic E-state index is 1.14. The molecule has 4 rings (SSSR count). The van der Waals surface area contributed by atoms with Crippen LogP contribution in [-0.2, 0) is 0 Å². The molecular formula is C18H11BrS2. The van der Waals surface area contributed by atoms with Gasteiger partial charge in [0.1, 0.15) is 0 Å². The Morgan fingerprint density at radius 3 is 2.33 bits per heavy atom. The number of halogens is 1. The Morgan fingerprint density at radius 2 is 1.43 bits per heavy atom. The molecule has 0 spiro atoms. The van der Waals surface area contributed by atoms with Crippen LogP contribution < -0.4 is 0 Å². The largest absolute Gasteiger partial charge is 0.135 e. The van der Waals surface area contributed by atoms with Crippen LogP contribution in [0.4, 0.5) is 0 Å². The lowest BCUT2D eigenvalue weighted by molar-refractivity contribution is 1.39. The first-order valence-corrected chi connectivity index (χ1v) is 9.08. The van der Waals surface area contributed by atoms with E-state index >= 15 is 0 Å². The summed E-state index contributed by atoms with van der Waals surface area (Å²) in [5, 5.41) is 2.73. The van der Waals surface area contributed by atoms with Gasteiger partial charge >= 0.3 is 0 Å². The van der Waals surface area contributed by atoms with Crippen LogP contribution in [0.5, 0.6) is 0 Å². The highest BCUT2D eigenvalue weighted by atomic mass is 79.9. The van der Waals surface area contributed by atoms with E-state index in [1.807, 2.05) is 23.1 Å². The predicted octanol–water partition coefficient (Wildman–Crippen LogP) is 6.97. The molecule has 0 saturated heterocycles. The average molecular weight is 371 g/mol. The normalized spacial score (nSPS) is 11.3. The third kappa shape index (κ3) is 2.39. The zero-order chi connectivity index (χ0) is 14.2. The smallest absolute Gasteiger partial charge is 0.0366 e. The SMILES string of the molecule is Brc1ccccc1Sc1cccc2sc3ccccc3c12. The molecule has 0 unspecified atom stereocenters. The highest BCUT2D eigenvalue weighted by Crippen LogP contribution is 2.42. The van der Waals surface area contributed by atoms with Crippen LogP contribution in [0.2, 0.25) is 0 Å². The first-order chi connectivity index (χ1) is 10.3. The van der Waals surface area contributed by atoms with Crippen molar-refractivity contribution in [1.82, 2.24) is 0 Å². The third-order valence-corrected chi connectivity index (χ3v) is 6.65. The Morgan fingerprint density at radius 1 is 0.714 bits per heavy atom. The summed E-state index contributed by atoms with van der Waals surface area (Å²) in [6.45, 7) is 0. The van der Waals surface area contributed by atoms with Crippen molar-refractivity contribution in [2.75, 3.05) is 0 Å². The highest BCUT2D eigenvalue weighted by molar-refractivity contribution is 9.10. The Labute approximate surface area is 139 Å². The van der Waals surface area contributed by atoms with Gasteiger partial charge in [-0.15, -0.1) is 11.3 Å². The Balaban J connectivity index is 1.94. The standard InChI is InChI=1S/C18H11BrS2/c19-13-7-2-4-9-15(13)21-17-11-5-10-16-18(17)12-6-1-3-8-14(12)20-16/h1-11H. The summed E-state index contributed by atoms with van der Waals surface area (Å²) in [6.07, 6.45) is 0. The van der Waals surface area contributed by atoms with Crippen molar-refractivity contribution < 1.29 is 0 Å². The minimum Gasteiger partial charge on any atom is -0.135 e. The fraction of sp³-hybridized carbons (Fsp3) is 0. The Bertz CT molecular complexity index is 940. The quantitative estimate of drug-likeness (QED) is 0.367. The lowest BCUT2D eigenvalue weighted by Gasteiger charge is -2.06. The van der Waals surface area contributed by atoms with E-state index < -0.39 is 0 Å². The van der Waals surface area contributed by atoms with Gasteiger partial charge in [-0.25, -0.2) is 0 Å². The van der Waals surface area contributed by atoms with Crippen molar-refractivity contribution in [3.8, 4) is 0 Å². The van der Waals surface area contributed by atoms with Crippen LogP contribution >= 0.6 is 39.0 Å². The van der Waals surface area contributed by atoms with Crippen molar-refractivity contribution in [3.05, 3.63) is 71.2 Å². The number of hydrogen-bond acceptors (Lipinski definition) is 2. The van der Waals surface area contributed by atoms with Crippen molar-refractivity contribution in [1.29, 1.82) is 0 Å². The van der Waals surface area contributed by atoms with Crippen molar-refractivity contribution >= 4 is 59.2 Å². The number of benzene rings is 3. The maximum Gasteiger partial charge on any atom is 0.0366 e. The van der Waals surface area contributed by atoms with E-state index in [2.05, 4.69) is 82.7 Å². The zero-order valence-electron chi connectivity index (χ0n) is 11.0. The predicted molar refractivity (Wildman–Crippen MR) is 97.6 cm³/mol. The molecule has 3 aromatic carbocycles. The number of rotatable bonds is 2. The molecule has 0 aliphatic heterocycles. The van der Waals surface area contributed by atoms with Crippen molar-refractivity contribution in [2.24, 2.45) is 0 Å². The molecule has 0 radical (unpaired) electrons. The van der Waals surface area contributed by atoms with Gasteiger partial charge in [-0.05, 0) is 46.3 Å². The van der Waals surface area contributed by atoms with E-state index in [4.69, 9.17) is 0 Å². The molecule has 3 heteroatoms. The molecule has 0 bridgehead atoms. The van der Waals surface area contributed by atoms with Gasteiger partial charge in [0.15, 0.2) is 0 Å². The number of hydrogen-bond donors (Lipinski definition) is 0. The van der Waals surface area contributed by atoms with Crippen molar-refractivity contribution in [3.63, 3.8) is 0 Å². The van der Waals surface area contributed by atoms with E-state index in [9.17, 15) is 0 Å². The van der Waals surface area contributed by atoms with Gasteiger partial charge in [-0.1, -0.05) is 48.2 Å². The second-order valence-electron chi connectivity index (χ2n) is 4.76. The molecule has 0 saturated carbocycles. The van der Waals surface area contributed by atoms with Gasteiger partial charge in [0.05, 0.1) is 0 Å². The van der Waals surface area contributed by atoms with Gasteiger partial charge in [0, 0.05) is 34.4 Å². The first-order valence-electron chi connectivity index (χ1n) is 6.65. The lowest BCUT2D eigenvalue weighted by Crippen LogP contribution is -1.77. The van der Waals surface area contributed by atoms with Crippen LogP contribution in [0.3, 0.4) is 0 Å². The molecule has 1 aromatic heterocycles. The Hall–Kier alpha value is -1.29. The molecule has 1 heterocycles. The minimum absolute atomic E-state index is 1.14. The summed E-state index contributed by atoms with van der Waals surface area (Å²) in [5.74, 6) is 0. The molecule has 0 aliphatic carbocycles. The second kappa shape index (κ2) is 5.48. The van der Waals surface area contributed by atoms with Crippen molar-refractivity contribution in [2.45, 2.75) is 9.79 Å². The first kappa shape index (κ1) is 13.4. The van der Waals surface area contributed by atoms with Crippen LogP contribution in [0, 0.1) is 0 Å². The maximum atomic E-state index is 3.64. The van der Waals surface area contributed by atoms with E-state index in [1.165, 1.54) is 30.0 Å². The van der Waals surface area contributed by atoms with Gasteiger partial charge in [0.2, 0.25) is 0 Å². The molecule has 0 fully saturated rings. The average Bonchev–Trinajstić information content (AvgIpc) is 2.89. The van der Waals surface area contributed by atoms with E-state index in [-0.39, 0.29) is 0 Å².